The van der Waals surface area contributed by atoms with Crippen LogP contribution in [0.15, 0.2) is 42.6 Å². The summed E-state index contributed by atoms with van der Waals surface area (Å²) in [6.07, 6.45) is 4.12. The number of carbonyl (C=O) groups is 1. The van der Waals surface area contributed by atoms with Crippen molar-refractivity contribution in [2.24, 2.45) is 0 Å². The zero-order valence-electron chi connectivity index (χ0n) is 13.1. The minimum atomic E-state index is -0.159. The third-order valence-electron chi connectivity index (χ3n) is 4.16. The van der Waals surface area contributed by atoms with Crippen molar-refractivity contribution in [3.05, 3.63) is 58.9 Å². The maximum Gasteiger partial charge on any atom is 0.270 e. The number of nitrogens with one attached hydrogen (secondary N) is 1. The molecule has 1 unspecified atom stereocenters. The van der Waals surface area contributed by atoms with Crippen molar-refractivity contribution in [1.29, 1.82) is 0 Å². The highest BCUT2D eigenvalue weighted by molar-refractivity contribution is 6.30. The van der Waals surface area contributed by atoms with Gasteiger partial charge in [0.05, 0.1) is 6.04 Å². The number of amides is 1. The smallest absolute Gasteiger partial charge is 0.270 e. The molecule has 23 heavy (non-hydrogen) atoms. The van der Waals surface area contributed by atoms with E-state index >= 15 is 0 Å². The topological polar surface area (TPSA) is 45.2 Å². The van der Waals surface area contributed by atoms with Gasteiger partial charge in [-0.05, 0) is 49.6 Å². The Morgan fingerprint density at radius 3 is 2.61 bits per heavy atom. The zero-order valence-corrected chi connectivity index (χ0v) is 13.9. The highest BCUT2D eigenvalue weighted by Gasteiger charge is 2.16. The largest absolute Gasteiger partial charge is 0.371 e. The molecule has 0 bridgehead atoms. The maximum absolute atomic E-state index is 12.4. The lowest BCUT2D eigenvalue weighted by Gasteiger charge is -2.18. The fourth-order valence-corrected chi connectivity index (χ4v) is 2.95. The van der Waals surface area contributed by atoms with Crippen LogP contribution in [0.1, 0.15) is 41.9 Å². The van der Waals surface area contributed by atoms with Gasteiger partial charge in [0.15, 0.2) is 0 Å². The normalized spacial score (nSPS) is 15.5. The minimum absolute atomic E-state index is 0.1000. The highest BCUT2D eigenvalue weighted by atomic mass is 35.5. The van der Waals surface area contributed by atoms with Gasteiger partial charge in [-0.3, -0.25) is 9.78 Å². The molecule has 1 N–H and O–H groups in total. The van der Waals surface area contributed by atoms with E-state index in [1.807, 2.05) is 43.3 Å². The maximum atomic E-state index is 12.4. The number of hydrogen-bond donors (Lipinski definition) is 1. The molecule has 3 rings (SSSR count). The number of hydrogen-bond acceptors (Lipinski definition) is 3. The highest BCUT2D eigenvalue weighted by Crippen LogP contribution is 2.21. The Bertz CT molecular complexity index is 681. The van der Waals surface area contributed by atoms with E-state index < -0.39 is 0 Å². The van der Waals surface area contributed by atoms with Crippen LogP contribution in [0.4, 0.5) is 5.69 Å². The van der Waals surface area contributed by atoms with Crippen molar-refractivity contribution in [2.45, 2.75) is 25.8 Å². The summed E-state index contributed by atoms with van der Waals surface area (Å²) < 4.78 is 0. The van der Waals surface area contributed by atoms with Gasteiger partial charge in [0.2, 0.25) is 0 Å². The van der Waals surface area contributed by atoms with Gasteiger partial charge >= 0.3 is 0 Å². The van der Waals surface area contributed by atoms with Crippen LogP contribution in [0, 0.1) is 0 Å². The van der Waals surface area contributed by atoms with E-state index in [0.29, 0.717) is 10.7 Å². The third kappa shape index (κ3) is 3.82. The summed E-state index contributed by atoms with van der Waals surface area (Å²) >= 11 is 5.90. The first-order valence-electron chi connectivity index (χ1n) is 7.91. The molecule has 120 valence electrons. The molecule has 1 amide bonds. The van der Waals surface area contributed by atoms with Gasteiger partial charge in [0.1, 0.15) is 5.69 Å². The number of pyridine rings is 1. The summed E-state index contributed by atoms with van der Waals surface area (Å²) in [6, 6.07) is 11.2. The summed E-state index contributed by atoms with van der Waals surface area (Å²) in [4.78, 5) is 18.9. The molecule has 0 saturated carbocycles. The molecule has 1 atom stereocenters. The lowest BCUT2D eigenvalue weighted by molar-refractivity contribution is 0.0935. The number of aromatic nitrogens is 1. The van der Waals surface area contributed by atoms with E-state index in [4.69, 9.17) is 11.6 Å². The molecule has 0 aliphatic carbocycles. The van der Waals surface area contributed by atoms with Crippen molar-refractivity contribution >= 4 is 23.2 Å². The number of nitrogens with zero attached hydrogens (tertiary/aromatic N) is 2. The molecule has 1 aromatic carbocycles. The lowest BCUT2D eigenvalue weighted by atomic mass is 10.1. The second-order valence-electron chi connectivity index (χ2n) is 5.84. The van der Waals surface area contributed by atoms with Crippen molar-refractivity contribution < 1.29 is 4.79 Å². The molecular weight excluding hydrogens is 310 g/mol. The monoisotopic (exact) mass is 329 g/mol. The van der Waals surface area contributed by atoms with Crippen LogP contribution in [-0.2, 0) is 0 Å². The first-order chi connectivity index (χ1) is 11.1. The molecular formula is C18H20ClN3O. The predicted octanol–water partition coefficient (Wildman–Crippen LogP) is 3.83. The Kier molecular flexibility index (Phi) is 4.82. The van der Waals surface area contributed by atoms with Crippen LogP contribution < -0.4 is 10.2 Å². The average Bonchev–Trinajstić information content (AvgIpc) is 3.10. The Labute approximate surface area is 141 Å². The van der Waals surface area contributed by atoms with Gasteiger partial charge in [-0.1, -0.05) is 23.7 Å². The number of benzene rings is 1. The van der Waals surface area contributed by atoms with Gasteiger partial charge in [-0.2, -0.15) is 0 Å². The van der Waals surface area contributed by atoms with Crippen LogP contribution in [0.3, 0.4) is 0 Å². The number of anilines is 1. The molecule has 1 aliphatic rings. The van der Waals surface area contributed by atoms with Crippen LogP contribution >= 0.6 is 11.6 Å². The van der Waals surface area contributed by atoms with E-state index in [-0.39, 0.29) is 11.9 Å². The second-order valence-corrected chi connectivity index (χ2v) is 6.28. The van der Waals surface area contributed by atoms with Crippen molar-refractivity contribution in [2.75, 3.05) is 18.0 Å². The van der Waals surface area contributed by atoms with Gasteiger partial charge < -0.3 is 10.2 Å². The molecule has 4 nitrogen and oxygen atoms in total. The fraction of sp³-hybridized carbons (Fsp3) is 0.333. The van der Waals surface area contributed by atoms with Crippen LogP contribution in [0.25, 0.3) is 0 Å². The Hall–Kier alpha value is -2.07. The fourth-order valence-electron chi connectivity index (χ4n) is 2.82. The van der Waals surface area contributed by atoms with Crippen LogP contribution in [0.2, 0.25) is 5.02 Å². The van der Waals surface area contributed by atoms with E-state index in [1.54, 1.807) is 6.20 Å². The molecule has 2 heterocycles. The molecule has 0 spiro atoms. The summed E-state index contributed by atoms with van der Waals surface area (Å²) in [5.41, 5.74) is 2.54. The molecule has 5 heteroatoms. The standard InChI is InChI=1S/C18H20ClN3O/c1-13(14-4-6-15(19)7-5-14)21-18(23)17-12-16(8-9-20-17)22-10-2-3-11-22/h4-9,12-13H,2-3,10-11H2,1H3,(H,21,23). The Balaban J connectivity index is 1.70. The van der Waals surface area contributed by atoms with Crippen molar-refractivity contribution in [3.63, 3.8) is 0 Å². The summed E-state index contributed by atoms with van der Waals surface area (Å²) in [5.74, 6) is -0.159. The predicted molar refractivity (Wildman–Crippen MR) is 93.0 cm³/mol. The SMILES string of the molecule is CC(NC(=O)c1cc(N2CCCC2)ccn1)c1ccc(Cl)cc1. The first-order valence-corrected chi connectivity index (χ1v) is 8.28. The molecule has 2 aromatic rings. The molecule has 1 aliphatic heterocycles. The quantitative estimate of drug-likeness (QED) is 0.927. The van der Waals surface area contributed by atoms with E-state index in [1.165, 1.54) is 12.8 Å². The summed E-state index contributed by atoms with van der Waals surface area (Å²) in [7, 11) is 0. The van der Waals surface area contributed by atoms with Gasteiger partial charge in [0, 0.05) is 30.0 Å². The molecule has 1 fully saturated rings. The van der Waals surface area contributed by atoms with Crippen LogP contribution in [-0.4, -0.2) is 24.0 Å². The Morgan fingerprint density at radius 1 is 1.22 bits per heavy atom. The van der Waals surface area contributed by atoms with Crippen LogP contribution in [0.5, 0.6) is 0 Å². The number of carbonyl (C=O) groups excluding carboxylic acids is 1. The molecule has 0 radical (unpaired) electrons. The molecule has 1 saturated heterocycles. The Morgan fingerprint density at radius 2 is 1.91 bits per heavy atom. The first kappa shape index (κ1) is 15.8. The third-order valence-corrected chi connectivity index (χ3v) is 4.42. The van der Waals surface area contributed by atoms with E-state index in [0.717, 1.165) is 24.3 Å². The van der Waals surface area contributed by atoms with Crippen molar-refractivity contribution in [3.8, 4) is 0 Å². The average molecular weight is 330 g/mol. The van der Waals surface area contributed by atoms with E-state index in [2.05, 4.69) is 15.2 Å². The van der Waals surface area contributed by atoms with Crippen molar-refractivity contribution in [1.82, 2.24) is 10.3 Å². The van der Waals surface area contributed by atoms with Gasteiger partial charge in [-0.25, -0.2) is 0 Å². The number of rotatable bonds is 4. The van der Waals surface area contributed by atoms with E-state index in [9.17, 15) is 4.79 Å². The number of halogens is 1. The van der Waals surface area contributed by atoms with Gasteiger partial charge in [-0.15, -0.1) is 0 Å². The zero-order chi connectivity index (χ0) is 16.2. The molecule has 1 aromatic heterocycles. The minimum Gasteiger partial charge on any atom is -0.371 e. The lowest BCUT2D eigenvalue weighted by Crippen LogP contribution is -2.28. The summed E-state index contributed by atoms with van der Waals surface area (Å²) in [6.45, 7) is 4.05. The van der Waals surface area contributed by atoms with Gasteiger partial charge in [0.25, 0.3) is 5.91 Å². The second kappa shape index (κ2) is 7.01. The summed E-state index contributed by atoms with van der Waals surface area (Å²) in [5, 5.41) is 3.67.